The first kappa shape index (κ1) is 3.71. The fourth-order valence-corrected chi connectivity index (χ4v) is 1.57. The SMILES string of the molecule is C1=C[C@H]2CC[C@H]2C1. The molecule has 0 radical (unpaired) electrons. The summed E-state index contributed by atoms with van der Waals surface area (Å²) in [7, 11) is 0. The third-order valence-electron chi connectivity index (χ3n) is 2.30. The van der Waals surface area contributed by atoms with Crippen LogP contribution in [-0.2, 0) is 0 Å². The Labute approximate surface area is 44.2 Å². The van der Waals surface area contributed by atoms with Crippen LogP contribution in [0.15, 0.2) is 12.2 Å². The lowest BCUT2D eigenvalue weighted by Gasteiger charge is -2.29. The van der Waals surface area contributed by atoms with Crippen LogP contribution in [0.3, 0.4) is 0 Å². The summed E-state index contributed by atoms with van der Waals surface area (Å²) in [4.78, 5) is 0. The Morgan fingerprint density at radius 3 is 2.57 bits per heavy atom. The highest BCUT2D eigenvalue weighted by Gasteiger charge is 2.30. The topological polar surface area (TPSA) is 0 Å². The fraction of sp³-hybridized carbons (Fsp3) is 0.714. The Balaban J connectivity index is 2.14. The van der Waals surface area contributed by atoms with Crippen molar-refractivity contribution >= 4 is 0 Å². The van der Waals surface area contributed by atoms with Gasteiger partial charge in [0.1, 0.15) is 0 Å². The molecule has 0 bridgehead atoms. The zero-order valence-corrected chi connectivity index (χ0v) is 4.43. The van der Waals surface area contributed by atoms with Crippen molar-refractivity contribution < 1.29 is 0 Å². The smallest absolute Gasteiger partial charge is 0.0202 e. The normalized spacial score (nSPS) is 45.7. The summed E-state index contributed by atoms with van der Waals surface area (Å²) in [6.45, 7) is 0. The van der Waals surface area contributed by atoms with Gasteiger partial charge in [0.2, 0.25) is 0 Å². The van der Waals surface area contributed by atoms with E-state index in [0.717, 1.165) is 11.8 Å². The van der Waals surface area contributed by atoms with E-state index in [4.69, 9.17) is 0 Å². The molecule has 0 spiro atoms. The highest BCUT2D eigenvalue weighted by Crippen LogP contribution is 2.41. The van der Waals surface area contributed by atoms with E-state index in [0.29, 0.717) is 0 Å². The number of hydrogen-bond acceptors (Lipinski definition) is 0. The first-order chi connectivity index (χ1) is 3.47. The van der Waals surface area contributed by atoms with Gasteiger partial charge in [-0.15, -0.1) is 0 Å². The Kier molecular flexibility index (Phi) is 0.592. The average Bonchev–Trinajstić information content (AvgIpc) is 1.85. The van der Waals surface area contributed by atoms with Crippen molar-refractivity contribution in [3.63, 3.8) is 0 Å². The molecule has 0 nitrogen and oxygen atoms in total. The summed E-state index contributed by atoms with van der Waals surface area (Å²) in [5.41, 5.74) is 0. The molecular weight excluding hydrogens is 84.1 g/mol. The number of fused-ring (bicyclic) bond motifs is 1. The van der Waals surface area contributed by atoms with E-state index in [2.05, 4.69) is 12.2 Å². The first-order valence-corrected chi connectivity index (χ1v) is 3.13. The predicted octanol–water partition coefficient (Wildman–Crippen LogP) is 1.97. The minimum atomic E-state index is 1.01. The first-order valence-electron chi connectivity index (χ1n) is 3.13. The molecule has 0 aliphatic heterocycles. The molecule has 2 aliphatic carbocycles. The average molecular weight is 94.2 g/mol. The summed E-state index contributed by atoms with van der Waals surface area (Å²) < 4.78 is 0. The van der Waals surface area contributed by atoms with E-state index in [1.54, 1.807) is 0 Å². The molecule has 0 heterocycles. The highest BCUT2D eigenvalue weighted by atomic mass is 14.3. The molecule has 0 aromatic rings. The molecule has 0 heteroatoms. The minimum absolute atomic E-state index is 1.01. The maximum atomic E-state index is 2.38. The van der Waals surface area contributed by atoms with Crippen molar-refractivity contribution in [3.05, 3.63) is 12.2 Å². The molecule has 0 N–H and O–H groups in total. The number of hydrogen-bond donors (Lipinski definition) is 0. The van der Waals surface area contributed by atoms with Crippen LogP contribution in [-0.4, -0.2) is 0 Å². The summed E-state index contributed by atoms with van der Waals surface area (Å²) in [6.07, 6.45) is 9.07. The zero-order valence-electron chi connectivity index (χ0n) is 4.43. The second-order valence-electron chi connectivity index (χ2n) is 2.67. The quantitative estimate of drug-likeness (QED) is 0.402. The van der Waals surface area contributed by atoms with Gasteiger partial charge in [-0.2, -0.15) is 0 Å². The fourth-order valence-electron chi connectivity index (χ4n) is 1.57. The molecule has 0 aromatic carbocycles. The van der Waals surface area contributed by atoms with Crippen molar-refractivity contribution in [1.29, 1.82) is 0 Å². The van der Waals surface area contributed by atoms with Crippen LogP contribution >= 0.6 is 0 Å². The second-order valence-corrected chi connectivity index (χ2v) is 2.67. The van der Waals surface area contributed by atoms with Gasteiger partial charge in [0, 0.05) is 0 Å². The Hall–Kier alpha value is -0.260. The Morgan fingerprint density at radius 1 is 1.29 bits per heavy atom. The highest BCUT2D eigenvalue weighted by molar-refractivity contribution is 5.05. The van der Waals surface area contributed by atoms with E-state index in [1.807, 2.05) is 0 Å². The molecule has 7 heavy (non-hydrogen) atoms. The van der Waals surface area contributed by atoms with Crippen molar-refractivity contribution in [3.8, 4) is 0 Å². The van der Waals surface area contributed by atoms with Crippen LogP contribution in [0.25, 0.3) is 0 Å². The van der Waals surface area contributed by atoms with Crippen LogP contribution in [0.1, 0.15) is 19.3 Å². The van der Waals surface area contributed by atoms with Crippen molar-refractivity contribution in [2.75, 3.05) is 0 Å². The lowest BCUT2D eigenvalue weighted by atomic mass is 9.76. The Morgan fingerprint density at radius 2 is 2.29 bits per heavy atom. The van der Waals surface area contributed by atoms with Crippen LogP contribution in [0.2, 0.25) is 0 Å². The number of rotatable bonds is 0. The molecule has 0 aromatic heterocycles. The van der Waals surface area contributed by atoms with Gasteiger partial charge < -0.3 is 0 Å². The molecule has 0 saturated heterocycles. The van der Waals surface area contributed by atoms with E-state index in [-0.39, 0.29) is 0 Å². The minimum Gasteiger partial charge on any atom is -0.0880 e. The van der Waals surface area contributed by atoms with Gasteiger partial charge >= 0.3 is 0 Å². The standard InChI is InChI=1S/C7H10/c1-2-6-4-5-7(6)3-1/h1-2,6-7H,3-5H2/t6-,7+/m0/s1. The zero-order chi connectivity index (χ0) is 4.69. The van der Waals surface area contributed by atoms with E-state index >= 15 is 0 Å². The molecule has 0 unspecified atom stereocenters. The van der Waals surface area contributed by atoms with Gasteiger partial charge in [0.05, 0.1) is 0 Å². The largest absolute Gasteiger partial charge is 0.0880 e. The van der Waals surface area contributed by atoms with Gasteiger partial charge in [-0.1, -0.05) is 12.2 Å². The summed E-state index contributed by atoms with van der Waals surface area (Å²) in [5, 5.41) is 0. The molecule has 2 atom stereocenters. The van der Waals surface area contributed by atoms with Crippen molar-refractivity contribution in [1.82, 2.24) is 0 Å². The third kappa shape index (κ3) is 0.370. The lowest BCUT2D eigenvalue weighted by Crippen LogP contribution is -2.18. The molecule has 2 aliphatic rings. The van der Waals surface area contributed by atoms with Crippen molar-refractivity contribution in [2.45, 2.75) is 19.3 Å². The maximum Gasteiger partial charge on any atom is -0.0202 e. The van der Waals surface area contributed by atoms with Gasteiger partial charge in [-0.05, 0) is 31.1 Å². The van der Waals surface area contributed by atoms with Gasteiger partial charge in [0.25, 0.3) is 0 Å². The number of allylic oxidation sites excluding steroid dienone is 2. The van der Waals surface area contributed by atoms with E-state index < -0.39 is 0 Å². The van der Waals surface area contributed by atoms with Crippen LogP contribution in [0, 0.1) is 11.8 Å². The molecule has 2 rings (SSSR count). The summed E-state index contributed by atoms with van der Waals surface area (Å²) in [6, 6.07) is 0. The predicted molar refractivity (Wildman–Crippen MR) is 30.0 cm³/mol. The second kappa shape index (κ2) is 1.12. The summed E-state index contributed by atoms with van der Waals surface area (Å²) in [5.74, 6) is 2.10. The van der Waals surface area contributed by atoms with Crippen LogP contribution in [0.5, 0.6) is 0 Å². The molecule has 1 fully saturated rings. The van der Waals surface area contributed by atoms with Gasteiger partial charge in [-0.25, -0.2) is 0 Å². The monoisotopic (exact) mass is 94.1 g/mol. The van der Waals surface area contributed by atoms with E-state index in [9.17, 15) is 0 Å². The van der Waals surface area contributed by atoms with E-state index in [1.165, 1.54) is 19.3 Å². The molecule has 38 valence electrons. The van der Waals surface area contributed by atoms with Crippen molar-refractivity contribution in [2.24, 2.45) is 11.8 Å². The Bertz CT molecular complexity index is 103. The maximum absolute atomic E-state index is 2.38. The van der Waals surface area contributed by atoms with Gasteiger partial charge in [-0.3, -0.25) is 0 Å². The lowest BCUT2D eigenvalue weighted by molar-refractivity contribution is 0.249. The summed E-state index contributed by atoms with van der Waals surface area (Å²) >= 11 is 0. The van der Waals surface area contributed by atoms with Gasteiger partial charge in [0.15, 0.2) is 0 Å². The molecule has 1 saturated carbocycles. The van der Waals surface area contributed by atoms with Crippen LogP contribution < -0.4 is 0 Å². The molecule has 0 amide bonds. The molecular formula is C7H10. The third-order valence-corrected chi connectivity index (χ3v) is 2.30. The van der Waals surface area contributed by atoms with Crippen LogP contribution in [0.4, 0.5) is 0 Å².